The largest absolute Gasteiger partial charge is 0.324 e. The molecule has 2 aromatic carbocycles. The molecule has 0 radical (unpaired) electrons. The number of rotatable bonds is 2. The molecule has 0 atom stereocenters. The van der Waals surface area contributed by atoms with Crippen LogP contribution in [-0.4, -0.2) is 17.6 Å². The Morgan fingerprint density at radius 3 is 2.86 bits per heavy atom. The SMILES string of the molecule is O=C1CSc2ccc(NC(=O)c3ccccc3F)cc2N1. The summed E-state index contributed by atoms with van der Waals surface area (Å²) in [6.45, 7) is 0. The van der Waals surface area contributed by atoms with Gasteiger partial charge >= 0.3 is 0 Å². The zero-order valence-electron chi connectivity index (χ0n) is 10.9. The minimum atomic E-state index is -0.572. The molecule has 1 heterocycles. The summed E-state index contributed by atoms with van der Waals surface area (Å²) in [5.74, 6) is -0.793. The molecule has 0 bridgehead atoms. The highest BCUT2D eigenvalue weighted by Gasteiger charge is 2.17. The maximum atomic E-state index is 13.5. The Kier molecular flexibility index (Phi) is 3.62. The van der Waals surface area contributed by atoms with Crippen LogP contribution in [0.2, 0.25) is 0 Å². The quantitative estimate of drug-likeness (QED) is 0.896. The second-order valence-electron chi connectivity index (χ2n) is 4.48. The fraction of sp³-hybridized carbons (Fsp3) is 0.0667. The highest BCUT2D eigenvalue weighted by molar-refractivity contribution is 8.00. The maximum absolute atomic E-state index is 13.5. The predicted octanol–water partition coefficient (Wildman–Crippen LogP) is 3.12. The summed E-state index contributed by atoms with van der Waals surface area (Å²) < 4.78 is 13.5. The van der Waals surface area contributed by atoms with Crippen LogP contribution in [0.4, 0.5) is 15.8 Å². The fourth-order valence-corrected chi connectivity index (χ4v) is 2.79. The second-order valence-corrected chi connectivity index (χ2v) is 5.50. The number of carbonyl (C=O) groups is 2. The van der Waals surface area contributed by atoms with Gasteiger partial charge in [-0.1, -0.05) is 12.1 Å². The molecule has 0 saturated carbocycles. The van der Waals surface area contributed by atoms with Crippen molar-refractivity contribution >= 4 is 35.0 Å². The van der Waals surface area contributed by atoms with Gasteiger partial charge in [-0.05, 0) is 30.3 Å². The monoisotopic (exact) mass is 302 g/mol. The number of amides is 2. The van der Waals surface area contributed by atoms with Gasteiger partial charge in [-0.2, -0.15) is 0 Å². The molecule has 0 spiro atoms. The van der Waals surface area contributed by atoms with E-state index in [9.17, 15) is 14.0 Å². The Hall–Kier alpha value is -2.34. The summed E-state index contributed by atoms with van der Waals surface area (Å²) in [7, 11) is 0. The van der Waals surface area contributed by atoms with E-state index in [-0.39, 0.29) is 11.5 Å². The van der Waals surface area contributed by atoms with Gasteiger partial charge in [0.15, 0.2) is 0 Å². The van der Waals surface area contributed by atoms with Gasteiger partial charge in [0, 0.05) is 10.6 Å². The molecule has 2 N–H and O–H groups in total. The van der Waals surface area contributed by atoms with Crippen molar-refractivity contribution < 1.29 is 14.0 Å². The number of anilines is 2. The third-order valence-electron chi connectivity index (χ3n) is 2.99. The van der Waals surface area contributed by atoms with E-state index < -0.39 is 11.7 Å². The number of fused-ring (bicyclic) bond motifs is 1. The van der Waals surface area contributed by atoms with Gasteiger partial charge in [-0.3, -0.25) is 9.59 Å². The number of carbonyl (C=O) groups excluding carboxylic acids is 2. The number of benzene rings is 2. The third kappa shape index (κ3) is 2.90. The van der Waals surface area contributed by atoms with E-state index in [1.165, 1.54) is 30.0 Å². The first kappa shape index (κ1) is 13.6. The summed E-state index contributed by atoms with van der Waals surface area (Å²) in [4.78, 5) is 24.3. The van der Waals surface area contributed by atoms with E-state index in [4.69, 9.17) is 0 Å². The Morgan fingerprint density at radius 2 is 2.05 bits per heavy atom. The molecule has 1 aliphatic heterocycles. The number of hydrogen-bond acceptors (Lipinski definition) is 3. The van der Waals surface area contributed by atoms with Gasteiger partial charge in [0.1, 0.15) is 5.82 Å². The van der Waals surface area contributed by atoms with E-state index in [0.717, 1.165) is 4.90 Å². The van der Waals surface area contributed by atoms with E-state index in [1.807, 2.05) is 6.07 Å². The molecular weight excluding hydrogens is 291 g/mol. The molecule has 3 rings (SSSR count). The Morgan fingerprint density at radius 1 is 1.24 bits per heavy atom. The molecular formula is C15H11FN2O2S. The van der Waals surface area contributed by atoms with Gasteiger partial charge in [-0.15, -0.1) is 11.8 Å². The van der Waals surface area contributed by atoms with Crippen molar-refractivity contribution in [2.24, 2.45) is 0 Å². The molecule has 0 saturated heterocycles. The maximum Gasteiger partial charge on any atom is 0.258 e. The highest BCUT2D eigenvalue weighted by atomic mass is 32.2. The minimum absolute atomic E-state index is 0.0198. The smallest absolute Gasteiger partial charge is 0.258 e. The van der Waals surface area contributed by atoms with Crippen molar-refractivity contribution in [2.75, 3.05) is 16.4 Å². The van der Waals surface area contributed by atoms with Crippen molar-refractivity contribution in [1.29, 1.82) is 0 Å². The molecule has 1 aliphatic rings. The predicted molar refractivity (Wildman–Crippen MR) is 80.1 cm³/mol. The first-order chi connectivity index (χ1) is 10.1. The van der Waals surface area contributed by atoms with Gasteiger partial charge in [-0.25, -0.2) is 4.39 Å². The normalized spacial score (nSPS) is 13.3. The lowest BCUT2D eigenvalue weighted by atomic mass is 10.2. The topological polar surface area (TPSA) is 58.2 Å². The van der Waals surface area contributed by atoms with Gasteiger partial charge in [0.25, 0.3) is 5.91 Å². The third-order valence-corrected chi connectivity index (χ3v) is 4.06. The molecule has 0 aromatic heterocycles. The van der Waals surface area contributed by atoms with Gasteiger partial charge in [0.05, 0.1) is 17.0 Å². The van der Waals surface area contributed by atoms with E-state index in [0.29, 0.717) is 17.1 Å². The average molecular weight is 302 g/mol. The average Bonchev–Trinajstić information content (AvgIpc) is 2.47. The molecule has 0 aliphatic carbocycles. The van der Waals surface area contributed by atoms with Crippen molar-refractivity contribution in [1.82, 2.24) is 0 Å². The number of thioether (sulfide) groups is 1. The van der Waals surface area contributed by atoms with Crippen molar-refractivity contribution in [2.45, 2.75) is 4.90 Å². The van der Waals surface area contributed by atoms with Crippen LogP contribution < -0.4 is 10.6 Å². The van der Waals surface area contributed by atoms with Gasteiger partial charge < -0.3 is 10.6 Å². The van der Waals surface area contributed by atoms with Crippen molar-refractivity contribution in [3.63, 3.8) is 0 Å². The van der Waals surface area contributed by atoms with Crippen LogP contribution in [0.15, 0.2) is 47.4 Å². The first-order valence-electron chi connectivity index (χ1n) is 6.26. The first-order valence-corrected chi connectivity index (χ1v) is 7.24. The van der Waals surface area contributed by atoms with Crippen LogP contribution in [0.25, 0.3) is 0 Å². The summed E-state index contributed by atoms with van der Waals surface area (Å²) in [6.07, 6.45) is 0. The molecule has 106 valence electrons. The molecule has 4 nitrogen and oxygen atoms in total. The Bertz CT molecular complexity index is 733. The zero-order valence-corrected chi connectivity index (χ0v) is 11.7. The lowest BCUT2D eigenvalue weighted by Gasteiger charge is -2.17. The van der Waals surface area contributed by atoms with E-state index in [2.05, 4.69) is 10.6 Å². The fourth-order valence-electron chi connectivity index (χ4n) is 2.00. The summed E-state index contributed by atoms with van der Waals surface area (Å²) in [5, 5.41) is 5.36. The van der Waals surface area contributed by atoms with E-state index >= 15 is 0 Å². The lowest BCUT2D eigenvalue weighted by molar-refractivity contribution is -0.113. The molecule has 21 heavy (non-hydrogen) atoms. The molecule has 2 aromatic rings. The molecule has 0 unspecified atom stereocenters. The standard InChI is InChI=1S/C15H11FN2O2S/c16-11-4-2-1-3-10(11)15(20)17-9-5-6-13-12(7-9)18-14(19)8-21-13/h1-7H,8H2,(H,17,20)(H,18,19). The Labute approximate surface area is 124 Å². The van der Waals surface area contributed by atoms with Crippen LogP contribution in [0, 0.1) is 5.82 Å². The van der Waals surface area contributed by atoms with Crippen LogP contribution in [0.5, 0.6) is 0 Å². The summed E-state index contributed by atoms with van der Waals surface area (Å²) in [6, 6.07) is 11.0. The van der Waals surface area contributed by atoms with Crippen LogP contribution in [0.1, 0.15) is 10.4 Å². The van der Waals surface area contributed by atoms with Crippen molar-refractivity contribution in [3.8, 4) is 0 Å². The van der Waals surface area contributed by atoms with Crippen LogP contribution in [-0.2, 0) is 4.79 Å². The zero-order chi connectivity index (χ0) is 14.8. The summed E-state index contributed by atoms with van der Waals surface area (Å²) >= 11 is 1.44. The van der Waals surface area contributed by atoms with E-state index in [1.54, 1.807) is 18.2 Å². The highest BCUT2D eigenvalue weighted by Crippen LogP contribution is 2.33. The second kappa shape index (κ2) is 5.57. The van der Waals surface area contributed by atoms with Crippen LogP contribution in [0.3, 0.4) is 0 Å². The molecule has 2 amide bonds. The minimum Gasteiger partial charge on any atom is -0.324 e. The molecule has 6 heteroatoms. The van der Waals surface area contributed by atoms with Crippen molar-refractivity contribution in [3.05, 3.63) is 53.8 Å². The van der Waals surface area contributed by atoms with Crippen LogP contribution >= 0.6 is 11.8 Å². The molecule has 0 fully saturated rings. The number of hydrogen-bond donors (Lipinski definition) is 2. The van der Waals surface area contributed by atoms with Gasteiger partial charge in [0.2, 0.25) is 5.91 Å². The Balaban J connectivity index is 1.82. The number of halogens is 1. The summed E-state index contributed by atoms with van der Waals surface area (Å²) in [5.41, 5.74) is 1.14. The number of nitrogens with one attached hydrogen (secondary N) is 2. The lowest BCUT2D eigenvalue weighted by Crippen LogP contribution is -2.19.